The van der Waals surface area contributed by atoms with E-state index in [2.05, 4.69) is 63.5 Å². The molecule has 510 valence electrons. The number of carbonyl (C=O) groups excluding carboxylic acids is 5. The van der Waals surface area contributed by atoms with E-state index in [0.717, 1.165) is 76.2 Å². The maximum Gasteiger partial charge on any atom is 0.411 e. The third-order valence-corrected chi connectivity index (χ3v) is 22.5. The van der Waals surface area contributed by atoms with Crippen LogP contribution in [0.5, 0.6) is 11.5 Å². The number of aromatic hydroxyl groups is 1. The second-order valence-corrected chi connectivity index (χ2v) is 29.0. The number of benzene rings is 3. The summed E-state index contributed by atoms with van der Waals surface area (Å²) >= 11 is 0. The van der Waals surface area contributed by atoms with Gasteiger partial charge < -0.3 is 39.0 Å². The van der Waals surface area contributed by atoms with Gasteiger partial charge in [0.1, 0.15) is 40.9 Å². The van der Waals surface area contributed by atoms with Crippen molar-refractivity contribution in [3.63, 3.8) is 0 Å². The molecule has 2 heterocycles. The number of ether oxygens (including phenoxy) is 5. The number of alkyl carbamates (subject to hydrolysis) is 2. The monoisotopic (exact) mass is 1290 g/mol. The van der Waals surface area contributed by atoms with E-state index < -0.39 is 54.5 Å². The highest BCUT2D eigenvalue weighted by atomic mass is 16.6. The van der Waals surface area contributed by atoms with E-state index in [-0.39, 0.29) is 88.9 Å². The highest BCUT2D eigenvalue weighted by molar-refractivity contribution is 5.98. The summed E-state index contributed by atoms with van der Waals surface area (Å²) in [5.41, 5.74) is 3.84. The second kappa shape index (κ2) is 33.6. The van der Waals surface area contributed by atoms with Crippen molar-refractivity contribution in [3.05, 3.63) is 155 Å². The first-order valence-electron chi connectivity index (χ1n) is 35.5. The van der Waals surface area contributed by atoms with Crippen LogP contribution in [0, 0.1) is 58.2 Å². The molecule has 0 saturated heterocycles. The summed E-state index contributed by atoms with van der Waals surface area (Å²) in [7, 11) is 0. The summed E-state index contributed by atoms with van der Waals surface area (Å²) in [4.78, 5) is 67.5. The fraction of sp³-hybridized carbons (Fsp3) is 0.582. The number of hydrogen-bond acceptors (Lipinski definition) is 13. The molecule has 0 aromatic heterocycles. The average Bonchev–Trinajstić information content (AvgIpc) is 1.19. The van der Waals surface area contributed by atoms with Gasteiger partial charge in [0.2, 0.25) is 0 Å². The number of unbranched alkanes of at least 4 members (excludes halogenated alkanes) is 2. The van der Waals surface area contributed by atoms with Crippen molar-refractivity contribution in [2.24, 2.45) is 58.2 Å². The largest absolute Gasteiger partial charge is 0.507 e. The van der Waals surface area contributed by atoms with Crippen molar-refractivity contribution in [1.82, 2.24) is 10.6 Å². The number of phenols is 1. The Morgan fingerprint density at radius 3 is 2.15 bits per heavy atom. The van der Waals surface area contributed by atoms with E-state index in [4.69, 9.17) is 23.7 Å². The average molecular weight is 1290 g/mol. The maximum atomic E-state index is 14.8. The molecule has 5 N–H and O–H groups in total. The molecule has 14 unspecified atom stereocenters. The Labute approximate surface area is 558 Å². The lowest BCUT2D eigenvalue weighted by atomic mass is 9.47. The minimum absolute atomic E-state index is 0.0570. The molecule has 0 bridgehead atoms. The smallest absolute Gasteiger partial charge is 0.411 e. The van der Waals surface area contributed by atoms with Gasteiger partial charge >= 0.3 is 30.1 Å². The Balaban J connectivity index is 0.791. The first kappa shape index (κ1) is 71.3. The van der Waals surface area contributed by atoms with Crippen LogP contribution in [-0.2, 0) is 25.4 Å². The molecule has 15 nitrogen and oxygen atoms in total. The molecule has 3 fully saturated rings. The van der Waals surface area contributed by atoms with Gasteiger partial charge in [-0.25, -0.2) is 24.0 Å². The number of phenolic OH excluding ortho intramolecular Hbond substituents is 1. The fourth-order valence-electron chi connectivity index (χ4n) is 17.0. The zero-order chi connectivity index (χ0) is 66.9. The Morgan fingerprint density at radius 1 is 0.734 bits per heavy atom. The fourth-order valence-corrected chi connectivity index (χ4v) is 17.0. The molecule has 0 spiro atoms. The Morgan fingerprint density at radius 2 is 1.43 bits per heavy atom. The number of aliphatic hydroxyl groups is 2. The van der Waals surface area contributed by atoms with Crippen molar-refractivity contribution < 1.29 is 63.0 Å². The lowest BCUT2D eigenvalue weighted by molar-refractivity contribution is -0.0580. The molecule has 3 saturated carbocycles. The molecule has 3 aromatic carbocycles. The Kier molecular flexibility index (Phi) is 25.5. The highest BCUT2D eigenvalue weighted by Gasteiger charge is 2.59. The summed E-state index contributed by atoms with van der Waals surface area (Å²) in [6.45, 7) is 16.3. The van der Waals surface area contributed by atoms with E-state index in [0.29, 0.717) is 66.6 Å². The molecule has 4 aliphatic carbocycles. The number of carbonyl (C=O) groups is 5. The van der Waals surface area contributed by atoms with Gasteiger partial charge in [0.25, 0.3) is 0 Å². The summed E-state index contributed by atoms with van der Waals surface area (Å²) in [5, 5.41) is 38.6. The number of amides is 2. The van der Waals surface area contributed by atoms with Crippen LogP contribution < -0.4 is 15.4 Å². The summed E-state index contributed by atoms with van der Waals surface area (Å²) in [5.74, 6) is 1.09. The topological polar surface area (TPSA) is 216 Å². The van der Waals surface area contributed by atoms with Crippen LogP contribution in [0.4, 0.5) is 9.59 Å². The molecule has 2 aliphatic heterocycles. The van der Waals surface area contributed by atoms with Gasteiger partial charge in [-0.1, -0.05) is 171 Å². The third kappa shape index (κ3) is 18.1. The molecule has 3 aromatic rings. The third-order valence-electron chi connectivity index (χ3n) is 22.5. The van der Waals surface area contributed by atoms with Gasteiger partial charge in [-0.15, -0.1) is 0 Å². The lowest BCUT2D eigenvalue weighted by Gasteiger charge is -2.58. The van der Waals surface area contributed by atoms with Crippen LogP contribution in [-0.4, -0.2) is 82.5 Å². The predicted molar refractivity (Wildman–Crippen MR) is 365 cm³/mol. The number of aliphatic hydroxyl groups excluding tert-OH is 2. The minimum atomic E-state index is -0.781. The molecule has 15 heteroatoms. The SMILES string of the molecule is CCCCCOC(=O)N/C=C/CC1CC(O)C(C)C/C=C/C(CC(C)CCC[C@@H](C)[C@H]2CCC3C4CC=C5CC(OC(=O)N/C=C/CC6CC(O)C(C)C/C=C/Cc7cccc(O)c7C(=O)O6)CCC5(C)C4CCC32C)c2cccc(OC(=O)c3ccccc3)c2C(=O)O1. The first-order chi connectivity index (χ1) is 45.3. The zero-order valence-corrected chi connectivity index (χ0v) is 56.8. The molecule has 2 amide bonds. The van der Waals surface area contributed by atoms with Crippen molar-refractivity contribution in [1.29, 1.82) is 0 Å². The van der Waals surface area contributed by atoms with Gasteiger partial charge in [-0.05, 0) is 171 Å². The Bertz CT molecular complexity index is 3210. The highest BCUT2D eigenvalue weighted by Crippen LogP contribution is 2.67. The Hall–Kier alpha value is -6.97. The van der Waals surface area contributed by atoms with E-state index in [1.165, 1.54) is 49.7 Å². The molecule has 9 rings (SSSR count). The number of esters is 3. The van der Waals surface area contributed by atoms with Crippen LogP contribution >= 0.6 is 0 Å². The summed E-state index contributed by atoms with van der Waals surface area (Å²) in [6.07, 6.45) is 30.8. The van der Waals surface area contributed by atoms with E-state index in [1.807, 2.05) is 44.2 Å². The number of rotatable bonds is 20. The summed E-state index contributed by atoms with van der Waals surface area (Å²) < 4.78 is 29.6. The van der Waals surface area contributed by atoms with Crippen LogP contribution in [0.3, 0.4) is 0 Å². The van der Waals surface area contributed by atoms with Gasteiger partial charge in [-0.2, -0.15) is 0 Å². The van der Waals surface area contributed by atoms with Crippen molar-refractivity contribution in [3.8, 4) is 11.5 Å². The molecule has 16 atom stereocenters. The van der Waals surface area contributed by atoms with Crippen molar-refractivity contribution in [2.75, 3.05) is 6.61 Å². The van der Waals surface area contributed by atoms with E-state index in [1.54, 1.807) is 54.6 Å². The van der Waals surface area contributed by atoms with Gasteiger partial charge in [-0.3, -0.25) is 10.6 Å². The van der Waals surface area contributed by atoms with Gasteiger partial charge in [0, 0.05) is 50.4 Å². The van der Waals surface area contributed by atoms with Crippen LogP contribution in [0.25, 0.3) is 0 Å². The van der Waals surface area contributed by atoms with E-state index >= 15 is 0 Å². The minimum Gasteiger partial charge on any atom is -0.507 e. The number of fused-ring (bicyclic) bond motifs is 7. The van der Waals surface area contributed by atoms with Crippen LogP contribution in [0.2, 0.25) is 0 Å². The number of hydrogen-bond donors (Lipinski definition) is 5. The summed E-state index contributed by atoms with van der Waals surface area (Å²) in [6, 6.07) is 19.1. The van der Waals surface area contributed by atoms with Crippen LogP contribution in [0.15, 0.2) is 127 Å². The molecule has 6 aliphatic rings. The predicted octanol–water partition coefficient (Wildman–Crippen LogP) is 16.9. The number of cyclic esters (lactones) is 2. The standard InChI is InChI=1S/C79H106N2O13/c1-8-9-15-46-90-76(88)80-44-20-31-60-50-69(84)54(5)25-17-30-57(62-33-19-35-70(72(62)75(87)92-60)94-73(85)56-27-11-10-12-28-56)47-51(2)22-16-24-52(3)64-38-39-65-63-37-36-58-48-61(40-42-78(58,6)66(63)41-43-79(64,65)7)93-77(89)81-45-21-32-59-49-68(83)53(4)23-13-14-26-55-29-18-34-67(82)71(55)74(86)91-59/h10-14,17-21,27-30,33-36,44-45,51-54,57,59-61,63-66,68-69,82-84H,8-9,15-16,22-26,31-32,37-43,46-50H2,1-7H3,(H,80,88)(H,81,89)/b14-13+,30-17+,44-20+,45-21+/t51?,52-,53?,54?,57?,59?,60?,61?,63?,64-,65?,66?,68?,69?,78?,79?/m1/s1. The quantitative estimate of drug-likeness (QED) is 0.0234. The zero-order valence-electron chi connectivity index (χ0n) is 56.8. The second-order valence-electron chi connectivity index (χ2n) is 29.0. The van der Waals surface area contributed by atoms with E-state index in [9.17, 15) is 39.3 Å². The number of nitrogens with one attached hydrogen (secondary N) is 2. The lowest BCUT2D eigenvalue weighted by Crippen LogP contribution is -2.51. The first-order valence-corrected chi connectivity index (χ1v) is 35.5. The molecule has 94 heavy (non-hydrogen) atoms. The molecular weight excluding hydrogens is 1180 g/mol. The maximum absolute atomic E-state index is 14.8. The van der Waals surface area contributed by atoms with Crippen LogP contribution in [0.1, 0.15) is 231 Å². The molecule has 0 radical (unpaired) electrons. The van der Waals surface area contributed by atoms with Crippen molar-refractivity contribution in [2.45, 2.75) is 226 Å². The number of allylic oxidation sites excluding steroid dienone is 5. The van der Waals surface area contributed by atoms with Gasteiger partial charge in [0.05, 0.1) is 24.4 Å². The normalized spacial score (nSPS) is 31.0. The van der Waals surface area contributed by atoms with Crippen molar-refractivity contribution >= 4 is 30.1 Å². The van der Waals surface area contributed by atoms with Gasteiger partial charge in [0.15, 0.2) is 0 Å². The molecular formula is C79H106N2O13.